The van der Waals surface area contributed by atoms with Crippen LogP contribution >= 0.6 is 0 Å². The fourth-order valence-corrected chi connectivity index (χ4v) is 1.85. The van der Waals surface area contributed by atoms with Crippen LogP contribution in [-0.2, 0) is 0 Å². The summed E-state index contributed by atoms with van der Waals surface area (Å²) in [6.45, 7) is 2.65. The SMILES string of the molecule is CCCOc1ccccc1NC(=O)NCC(O)c1ccco1. The van der Waals surface area contributed by atoms with Crippen molar-refractivity contribution < 1.29 is 19.1 Å². The summed E-state index contributed by atoms with van der Waals surface area (Å²) in [7, 11) is 0. The Morgan fingerprint density at radius 2 is 2.14 bits per heavy atom. The highest BCUT2D eigenvalue weighted by molar-refractivity contribution is 5.90. The van der Waals surface area contributed by atoms with E-state index in [4.69, 9.17) is 9.15 Å². The molecule has 1 aromatic carbocycles. The number of aliphatic hydroxyl groups excluding tert-OH is 1. The van der Waals surface area contributed by atoms with Crippen LogP contribution in [-0.4, -0.2) is 24.3 Å². The van der Waals surface area contributed by atoms with Crippen molar-refractivity contribution in [1.82, 2.24) is 5.32 Å². The van der Waals surface area contributed by atoms with Gasteiger partial charge in [0.25, 0.3) is 0 Å². The molecule has 1 heterocycles. The number of ether oxygens (including phenoxy) is 1. The molecule has 22 heavy (non-hydrogen) atoms. The quantitative estimate of drug-likeness (QED) is 0.734. The van der Waals surface area contributed by atoms with Gasteiger partial charge in [-0.1, -0.05) is 19.1 Å². The van der Waals surface area contributed by atoms with Crippen LogP contribution in [0, 0.1) is 0 Å². The maximum atomic E-state index is 11.9. The minimum atomic E-state index is -0.882. The highest BCUT2D eigenvalue weighted by Gasteiger charge is 2.12. The van der Waals surface area contributed by atoms with Gasteiger partial charge in [-0.3, -0.25) is 0 Å². The van der Waals surface area contributed by atoms with E-state index in [0.717, 1.165) is 6.42 Å². The van der Waals surface area contributed by atoms with Gasteiger partial charge in [0.1, 0.15) is 17.6 Å². The molecule has 2 amide bonds. The van der Waals surface area contributed by atoms with E-state index < -0.39 is 12.1 Å². The number of amides is 2. The van der Waals surface area contributed by atoms with Gasteiger partial charge in [-0.25, -0.2) is 4.79 Å². The minimum Gasteiger partial charge on any atom is -0.491 e. The Bertz CT molecular complexity index is 584. The van der Waals surface area contributed by atoms with E-state index in [-0.39, 0.29) is 6.54 Å². The van der Waals surface area contributed by atoms with Gasteiger partial charge in [-0.05, 0) is 30.7 Å². The molecule has 0 bridgehead atoms. The molecule has 0 aliphatic heterocycles. The number of carbonyl (C=O) groups excluding carboxylic acids is 1. The van der Waals surface area contributed by atoms with Crippen LogP contribution in [0.15, 0.2) is 47.1 Å². The summed E-state index contributed by atoms with van der Waals surface area (Å²) in [6, 6.07) is 10.1. The molecule has 0 aliphatic carbocycles. The van der Waals surface area contributed by atoms with E-state index in [1.165, 1.54) is 6.26 Å². The van der Waals surface area contributed by atoms with Crippen molar-refractivity contribution in [3.63, 3.8) is 0 Å². The highest BCUT2D eigenvalue weighted by Crippen LogP contribution is 2.23. The molecule has 0 radical (unpaired) electrons. The number of hydrogen-bond acceptors (Lipinski definition) is 4. The largest absolute Gasteiger partial charge is 0.491 e. The van der Waals surface area contributed by atoms with Gasteiger partial charge < -0.3 is 24.9 Å². The van der Waals surface area contributed by atoms with E-state index in [0.29, 0.717) is 23.8 Å². The molecule has 0 saturated heterocycles. The number of rotatable bonds is 7. The van der Waals surface area contributed by atoms with Crippen LogP contribution in [0.25, 0.3) is 0 Å². The first-order valence-electron chi connectivity index (χ1n) is 7.19. The number of urea groups is 1. The summed E-state index contributed by atoms with van der Waals surface area (Å²) in [5.41, 5.74) is 0.584. The molecule has 1 unspecified atom stereocenters. The molecule has 6 heteroatoms. The third kappa shape index (κ3) is 4.53. The molecule has 2 aromatic rings. The van der Waals surface area contributed by atoms with Gasteiger partial charge in [-0.15, -0.1) is 0 Å². The van der Waals surface area contributed by atoms with E-state index in [2.05, 4.69) is 10.6 Å². The van der Waals surface area contributed by atoms with Crippen LogP contribution in [0.2, 0.25) is 0 Å². The third-order valence-electron chi connectivity index (χ3n) is 2.92. The average molecular weight is 304 g/mol. The zero-order valence-electron chi connectivity index (χ0n) is 12.4. The molecule has 0 spiro atoms. The Hall–Kier alpha value is -2.47. The smallest absolute Gasteiger partial charge is 0.319 e. The maximum absolute atomic E-state index is 11.9. The van der Waals surface area contributed by atoms with E-state index in [1.807, 2.05) is 19.1 Å². The summed E-state index contributed by atoms with van der Waals surface area (Å²) < 4.78 is 10.6. The Kier molecular flexibility index (Phi) is 5.85. The molecule has 1 aromatic heterocycles. The molecule has 0 saturated carbocycles. The van der Waals surface area contributed by atoms with Crippen LogP contribution < -0.4 is 15.4 Å². The Morgan fingerprint density at radius 1 is 1.32 bits per heavy atom. The van der Waals surface area contributed by atoms with Crippen LogP contribution in [0.5, 0.6) is 5.75 Å². The Labute approximate surface area is 129 Å². The molecular formula is C16H20N2O4. The monoisotopic (exact) mass is 304 g/mol. The van der Waals surface area contributed by atoms with Gasteiger partial charge in [-0.2, -0.15) is 0 Å². The van der Waals surface area contributed by atoms with Gasteiger partial charge in [0, 0.05) is 0 Å². The van der Waals surface area contributed by atoms with Crippen molar-refractivity contribution in [2.75, 3.05) is 18.5 Å². The fourth-order valence-electron chi connectivity index (χ4n) is 1.85. The average Bonchev–Trinajstić information content (AvgIpc) is 3.06. The van der Waals surface area contributed by atoms with Crippen LogP contribution in [0.4, 0.5) is 10.5 Å². The topological polar surface area (TPSA) is 83.7 Å². The molecule has 2 rings (SSSR count). The van der Waals surface area contributed by atoms with Crippen molar-refractivity contribution in [1.29, 1.82) is 0 Å². The van der Waals surface area contributed by atoms with Crippen molar-refractivity contribution in [2.24, 2.45) is 0 Å². The number of anilines is 1. The fraction of sp³-hybridized carbons (Fsp3) is 0.312. The normalized spacial score (nSPS) is 11.7. The van der Waals surface area contributed by atoms with Crippen molar-refractivity contribution in [2.45, 2.75) is 19.4 Å². The van der Waals surface area contributed by atoms with E-state index in [9.17, 15) is 9.90 Å². The number of furan rings is 1. The molecule has 1 atom stereocenters. The first kappa shape index (κ1) is 15.9. The van der Waals surface area contributed by atoms with Crippen LogP contribution in [0.1, 0.15) is 25.2 Å². The van der Waals surface area contributed by atoms with Gasteiger partial charge >= 0.3 is 6.03 Å². The minimum absolute atomic E-state index is 0.0529. The summed E-state index contributed by atoms with van der Waals surface area (Å²) in [5, 5.41) is 15.1. The predicted molar refractivity (Wildman–Crippen MR) is 82.9 cm³/mol. The van der Waals surface area contributed by atoms with E-state index in [1.54, 1.807) is 24.3 Å². The maximum Gasteiger partial charge on any atom is 0.319 e. The zero-order chi connectivity index (χ0) is 15.8. The molecule has 0 aliphatic rings. The van der Waals surface area contributed by atoms with Crippen molar-refractivity contribution in [3.8, 4) is 5.75 Å². The number of benzene rings is 1. The summed E-state index contributed by atoms with van der Waals surface area (Å²) in [4.78, 5) is 11.9. The zero-order valence-corrected chi connectivity index (χ0v) is 12.4. The van der Waals surface area contributed by atoms with Crippen molar-refractivity contribution in [3.05, 3.63) is 48.4 Å². The van der Waals surface area contributed by atoms with Gasteiger partial charge in [0.2, 0.25) is 0 Å². The molecule has 3 N–H and O–H groups in total. The predicted octanol–water partition coefficient (Wildman–Crippen LogP) is 2.92. The molecule has 118 valence electrons. The molecular weight excluding hydrogens is 284 g/mol. The number of hydrogen-bond donors (Lipinski definition) is 3. The summed E-state index contributed by atoms with van der Waals surface area (Å²) >= 11 is 0. The lowest BCUT2D eigenvalue weighted by atomic mass is 10.2. The van der Waals surface area contributed by atoms with Gasteiger partial charge in [0.05, 0.1) is 25.1 Å². The standard InChI is InChI=1S/C16H20N2O4/c1-2-9-21-14-7-4-3-6-12(14)18-16(20)17-11-13(19)15-8-5-10-22-15/h3-8,10,13,19H,2,9,11H2,1H3,(H2,17,18,20). The lowest BCUT2D eigenvalue weighted by molar-refractivity contribution is 0.149. The number of nitrogens with one attached hydrogen (secondary N) is 2. The van der Waals surface area contributed by atoms with E-state index >= 15 is 0 Å². The Morgan fingerprint density at radius 3 is 2.86 bits per heavy atom. The number of aliphatic hydroxyl groups is 1. The number of para-hydroxylation sites is 2. The second kappa shape index (κ2) is 8.09. The second-order valence-electron chi connectivity index (χ2n) is 4.71. The number of carbonyl (C=O) groups is 1. The summed E-state index contributed by atoms with van der Waals surface area (Å²) in [6.07, 6.45) is 1.47. The Balaban J connectivity index is 1.86. The lowest BCUT2D eigenvalue weighted by Crippen LogP contribution is -2.32. The summed E-state index contributed by atoms with van der Waals surface area (Å²) in [5.74, 6) is 1.03. The molecule has 0 fully saturated rings. The first-order valence-corrected chi connectivity index (χ1v) is 7.19. The third-order valence-corrected chi connectivity index (χ3v) is 2.92. The molecule has 6 nitrogen and oxygen atoms in total. The second-order valence-corrected chi connectivity index (χ2v) is 4.71. The lowest BCUT2D eigenvalue weighted by Gasteiger charge is -2.13. The van der Waals surface area contributed by atoms with Crippen LogP contribution in [0.3, 0.4) is 0 Å². The highest BCUT2D eigenvalue weighted by atomic mass is 16.5. The van der Waals surface area contributed by atoms with Gasteiger partial charge in [0.15, 0.2) is 0 Å². The van der Waals surface area contributed by atoms with Crippen molar-refractivity contribution >= 4 is 11.7 Å². The first-order chi connectivity index (χ1) is 10.7.